The summed E-state index contributed by atoms with van der Waals surface area (Å²) in [6.07, 6.45) is 0. The van der Waals surface area contributed by atoms with Crippen molar-refractivity contribution in [2.24, 2.45) is 13.0 Å². The zero-order valence-electron chi connectivity index (χ0n) is 19.6. The molecule has 0 aliphatic carbocycles. The Morgan fingerprint density at radius 1 is 1.06 bits per heavy atom. The summed E-state index contributed by atoms with van der Waals surface area (Å²) in [5.41, 5.74) is 3.25. The number of hydrogen-bond donors (Lipinski definition) is 2. The average molecular weight is 520 g/mol. The van der Waals surface area contributed by atoms with Gasteiger partial charge in [0, 0.05) is 18.3 Å². The number of aryl methyl sites for hydroxylation is 2. The number of hydrogen-bond acceptors (Lipinski definition) is 5. The molecule has 0 saturated heterocycles. The normalized spacial score (nSPS) is 12.0. The average Bonchev–Trinajstić information content (AvgIpc) is 3.14. The summed E-state index contributed by atoms with van der Waals surface area (Å²) in [4.78, 5) is 25.4. The quantitative estimate of drug-likeness (QED) is 0.378. The third-order valence-electron chi connectivity index (χ3n) is 5.36. The second kappa shape index (κ2) is 11.3. The first kappa shape index (κ1) is 26.1. The van der Waals surface area contributed by atoms with Crippen molar-refractivity contribution < 1.29 is 9.59 Å². The van der Waals surface area contributed by atoms with Crippen LogP contribution in [0, 0.1) is 19.8 Å². The molecule has 0 aliphatic rings. The number of halogens is 2. The molecule has 180 valence electrons. The highest BCUT2D eigenvalue weighted by Crippen LogP contribution is 2.27. The summed E-state index contributed by atoms with van der Waals surface area (Å²) in [6, 6.07) is 10.2. The van der Waals surface area contributed by atoms with Gasteiger partial charge in [-0.1, -0.05) is 67.0 Å². The molecule has 0 unspecified atom stereocenters. The van der Waals surface area contributed by atoms with E-state index in [1.165, 1.54) is 17.8 Å². The first-order chi connectivity index (χ1) is 16.1. The van der Waals surface area contributed by atoms with Crippen molar-refractivity contribution in [1.29, 1.82) is 0 Å². The van der Waals surface area contributed by atoms with E-state index < -0.39 is 6.04 Å². The molecule has 2 N–H and O–H groups in total. The second-order valence-corrected chi connectivity index (χ2v) is 10.1. The predicted octanol–water partition coefficient (Wildman–Crippen LogP) is 5.60. The molecule has 7 nitrogen and oxygen atoms in total. The van der Waals surface area contributed by atoms with Crippen LogP contribution in [0.3, 0.4) is 0 Å². The summed E-state index contributed by atoms with van der Waals surface area (Å²) in [6.45, 7) is 7.89. The molecule has 2 amide bonds. The van der Waals surface area contributed by atoms with Crippen LogP contribution in [0.5, 0.6) is 0 Å². The molecule has 0 spiro atoms. The number of carbonyl (C=O) groups is 2. The van der Waals surface area contributed by atoms with Crippen molar-refractivity contribution >= 4 is 52.5 Å². The highest BCUT2D eigenvalue weighted by molar-refractivity contribution is 7.99. The monoisotopic (exact) mass is 519 g/mol. The van der Waals surface area contributed by atoms with Gasteiger partial charge >= 0.3 is 0 Å². The van der Waals surface area contributed by atoms with E-state index in [0.29, 0.717) is 26.6 Å². The standard InChI is InChI=1S/C24H27Cl2N5O2S/c1-13(2)20(28-23(33)16-9-10-17(25)18(26)11-16)22-29-30-24(31(22)5)34-12-19(32)27-21-14(3)7-6-8-15(21)4/h6-11,13,20H,12H2,1-5H3,(H,27,32)(H,28,33)/t20-/m1/s1. The van der Waals surface area contributed by atoms with E-state index in [0.717, 1.165) is 16.8 Å². The maximum Gasteiger partial charge on any atom is 0.251 e. The topological polar surface area (TPSA) is 88.9 Å². The van der Waals surface area contributed by atoms with Crippen molar-refractivity contribution in [3.8, 4) is 0 Å². The number of benzene rings is 2. The molecular formula is C24H27Cl2N5O2S. The number of rotatable bonds is 8. The van der Waals surface area contributed by atoms with E-state index in [1.807, 2.05) is 52.9 Å². The van der Waals surface area contributed by atoms with E-state index in [1.54, 1.807) is 16.7 Å². The number of anilines is 1. The Morgan fingerprint density at radius 3 is 2.35 bits per heavy atom. The number of para-hydroxylation sites is 1. The van der Waals surface area contributed by atoms with Gasteiger partial charge in [0.2, 0.25) is 5.91 Å². The fourth-order valence-corrected chi connectivity index (χ4v) is 4.45. The largest absolute Gasteiger partial charge is 0.342 e. The molecule has 1 heterocycles. The van der Waals surface area contributed by atoms with Gasteiger partial charge in [-0.25, -0.2) is 0 Å². The van der Waals surface area contributed by atoms with Crippen LogP contribution < -0.4 is 10.6 Å². The molecule has 34 heavy (non-hydrogen) atoms. The smallest absolute Gasteiger partial charge is 0.251 e. The molecule has 2 aromatic carbocycles. The van der Waals surface area contributed by atoms with Crippen LogP contribution >= 0.6 is 35.0 Å². The third kappa shape index (κ3) is 6.11. The van der Waals surface area contributed by atoms with Crippen molar-refractivity contribution in [3.63, 3.8) is 0 Å². The molecule has 1 atom stereocenters. The van der Waals surface area contributed by atoms with Gasteiger partial charge in [-0.05, 0) is 49.1 Å². The van der Waals surface area contributed by atoms with Crippen molar-refractivity contribution in [2.45, 2.75) is 38.9 Å². The molecule has 3 rings (SSSR count). The van der Waals surface area contributed by atoms with Crippen LogP contribution in [0.25, 0.3) is 0 Å². The third-order valence-corrected chi connectivity index (χ3v) is 7.12. The fraction of sp³-hybridized carbons (Fsp3) is 0.333. The molecule has 0 saturated carbocycles. The van der Waals surface area contributed by atoms with Crippen molar-refractivity contribution in [1.82, 2.24) is 20.1 Å². The molecule has 1 aromatic heterocycles. The molecule has 10 heteroatoms. The van der Waals surface area contributed by atoms with Crippen LogP contribution in [0.2, 0.25) is 10.0 Å². The summed E-state index contributed by atoms with van der Waals surface area (Å²) in [5.74, 6) is 0.408. The zero-order chi connectivity index (χ0) is 25.0. The zero-order valence-corrected chi connectivity index (χ0v) is 22.0. The molecular weight excluding hydrogens is 493 g/mol. The Bertz CT molecular complexity index is 1190. The van der Waals surface area contributed by atoms with Crippen LogP contribution in [0.15, 0.2) is 41.6 Å². The van der Waals surface area contributed by atoms with Gasteiger partial charge in [-0.3, -0.25) is 9.59 Å². The lowest BCUT2D eigenvalue weighted by Crippen LogP contribution is -2.33. The Hall–Kier alpha value is -2.55. The van der Waals surface area contributed by atoms with Crippen LogP contribution in [0.1, 0.15) is 47.2 Å². The van der Waals surface area contributed by atoms with E-state index >= 15 is 0 Å². The van der Waals surface area contributed by atoms with E-state index in [4.69, 9.17) is 23.2 Å². The second-order valence-electron chi connectivity index (χ2n) is 8.33. The van der Waals surface area contributed by atoms with Gasteiger partial charge in [0.15, 0.2) is 11.0 Å². The molecule has 0 bridgehead atoms. The molecule has 3 aromatic rings. The van der Waals surface area contributed by atoms with Gasteiger partial charge in [0.25, 0.3) is 5.91 Å². The maximum atomic E-state index is 12.8. The first-order valence-corrected chi connectivity index (χ1v) is 12.5. The minimum absolute atomic E-state index is 0.0415. The first-order valence-electron chi connectivity index (χ1n) is 10.7. The van der Waals surface area contributed by atoms with Crippen molar-refractivity contribution in [3.05, 3.63) is 69.0 Å². The minimum atomic E-state index is -0.391. The number of carbonyl (C=O) groups excluding carboxylic acids is 2. The Kier molecular flexibility index (Phi) is 8.62. The lowest BCUT2D eigenvalue weighted by molar-refractivity contribution is -0.113. The van der Waals surface area contributed by atoms with Gasteiger partial charge in [0.1, 0.15) is 0 Å². The minimum Gasteiger partial charge on any atom is -0.342 e. The number of thioether (sulfide) groups is 1. The molecule has 0 aliphatic heterocycles. The number of nitrogens with zero attached hydrogens (tertiary/aromatic N) is 3. The van der Waals surface area contributed by atoms with E-state index in [-0.39, 0.29) is 23.5 Å². The van der Waals surface area contributed by atoms with Crippen molar-refractivity contribution in [2.75, 3.05) is 11.1 Å². The van der Waals surface area contributed by atoms with Crippen LogP contribution in [-0.4, -0.2) is 32.3 Å². The number of aromatic nitrogens is 3. The highest BCUT2D eigenvalue weighted by Gasteiger charge is 2.25. The fourth-order valence-electron chi connectivity index (χ4n) is 3.43. The van der Waals surface area contributed by atoms with Crippen LogP contribution in [0.4, 0.5) is 5.69 Å². The maximum absolute atomic E-state index is 12.8. The van der Waals surface area contributed by atoms with Gasteiger partial charge in [-0.15, -0.1) is 10.2 Å². The Labute approximate surface area is 213 Å². The Morgan fingerprint density at radius 2 is 1.74 bits per heavy atom. The van der Waals surface area contributed by atoms with Gasteiger partial charge in [0.05, 0.1) is 21.8 Å². The van der Waals surface area contributed by atoms with E-state index in [9.17, 15) is 9.59 Å². The predicted molar refractivity (Wildman–Crippen MR) is 138 cm³/mol. The lowest BCUT2D eigenvalue weighted by Gasteiger charge is -2.22. The van der Waals surface area contributed by atoms with Gasteiger partial charge < -0.3 is 15.2 Å². The van der Waals surface area contributed by atoms with Crippen LogP contribution in [-0.2, 0) is 11.8 Å². The SMILES string of the molecule is Cc1cccc(C)c1NC(=O)CSc1nnc([C@H](NC(=O)c2ccc(Cl)c(Cl)c2)C(C)C)n1C. The molecule has 0 radical (unpaired) electrons. The summed E-state index contributed by atoms with van der Waals surface area (Å²) >= 11 is 13.3. The van der Waals surface area contributed by atoms with E-state index in [2.05, 4.69) is 20.8 Å². The lowest BCUT2D eigenvalue weighted by atomic mass is 10.0. The highest BCUT2D eigenvalue weighted by atomic mass is 35.5. The summed E-state index contributed by atoms with van der Waals surface area (Å²) < 4.78 is 1.80. The number of amides is 2. The van der Waals surface area contributed by atoms with Gasteiger partial charge in [-0.2, -0.15) is 0 Å². The molecule has 0 fully saturated rings. The summed E-state index contributed by atoms with van der Waals surface area (Å²) in [7, 11) is 1.82. The Balaban J connectivity index is 1.69. The number of nitrogens with one attached hydrogen (secondary N) is 2. The summed E-state index contributed by atoms with van der Waals surface area (Å²) in [5, 5.41) is 15.8.